The van der Waals surface area contributed by atoms with Gasteiger partial charge in [0, 0.05) is 37.7 Å². The number of piperidine rings is 1. The van der Waals surface area contributed by atoms with Crippen LogP contribution in [0.15, 0.2) is 49.2 Å². The molecule has 13 heteroatoms. The highest BCUT2D eigenvalue weighted by molar-refractivity contribution is 5.94. The van der Waals surface area contributed by atoms with Crippen LogP contribution in [0, 0.1) is 5.95 Å². The van der Waals surface area contributed by atoms with E-state index in [9.17, 15) is 22.4 Å². The number of carbonyl (C=O) groups excluding carboxylic acids is 1. The molecule has 1 saturated heterocycles. The Morgan fingerprint density at radius 1 is 1.09 bits per heavy atom. The zero-order chi connectivity index (χ0) is 24.6. The second-order valence-corrected chi connectivity index (χ2v) is 7.98. The van der Waals surface area contributed by atoms with Crippen molar-refractivity contribution >= 4 is 17.4 Å². The third-order valence-electron chi connectivity index (χ3n) is 5.64. The fourth-order valence-electron chi connectivity index (χ4n) is 3.97. The zero-order valence-corrected chi connectivity index (χ0v) is 18.1. The van der Waals surface area contributed by atoms with Crippen LogP contribution in [0.5, 0.6) is 0 Å². The van der Waals surface area contributed by atoms with Crippen LogP contribution in [0.25, 0.3) is 17.2 Å². The highest BCUT2D eigenvalue weighted by atomic mass is 19.4. The summed E-state index contributed by atoms with van der Waals surface area (Å²) in [5.74, 6) is -0.653. The lowest BCUT2D eigenvalue weighted by Crippen LogP contribution is -2.48. The fourth-order valence-corrected chi connectivity index (χ4v) is 3.97. The van der Waals surface area contributed by atoms with Crippen LogP contribution in [0.2, 0.25) is 0 Å². The largest absolute Gasteiger partial charge is 0.434 e. The molecule has 0 aromatic carbocycles. The molecule has 1 N–H and O–H groups in total. The first-order chi connectivity index (χ1) is 16.8. The average molecular weight is 486 g/mol. The van der Waals surface area contributed by atoms with Crippen molar-refractivity contribution < 1.29 is 22.4 Å². The van der Waals surface area contributed by atoms with Crippen LogP contribution in [-0.4, -0.2) is 54.4 Å². The van der Waals surface area contributed by atoms with E-state index in [1.807, 2.05) is 4.90 Å². The van der Waals surface area contributed by atoms with Gasteiger partial charge in [-0.25, -0.2) is 24.9 Å². The predicted octanol–water partition coefficient (Wildman–Crippen LogP) is 3.14. The molecule has 0 radical (unpaired) electrons. The van der Waals surface area contributed by atoms with Crippen LogP contribution in [0.4, 0.5) is 23.4 Å². The number of halogens is 4. The topological polar surface area (TPSA) is 101 Å². The number of carbonyl (C=O) groups is 1. The molecule has 5 rings (SSSR count). The molecule has 0 saturated carbocycles. The number of rotatable bonds is 4. The van der Waals surface area contributed by atoms with Gasteiger partial charge in [0.25, 0.3) is 5.91 Å². The summed E-state index contributed by atoms with van der Waals surface area (Å²) in [5, 5.41) is 2.83. The number of pyridine rings is 1. The molecule has 4 aromatic heterocycles. The monoisotopic (exact) mass is 486 g/mol. The van der Waals surface area contributed by atoms with Gasteiger partial charge in [0.1, 0.15) is 11.5 Å². The van der Waals surface area contributed by atoms with Crippen LogP contribution in [0.3, 0.4) is 0 Å². The molecule has 0 unspecified atom stereocenters. The molecule has 0 aliphatic carbocycles. The Morgan fingerprint density at radius 3 is 2.74 bits per heavy atom. The van der Waals surface area contributed by atoms with Crippen LogP contribution in [0.1, 0.15) is 28.9 Å². The zero-order valence-electron chi connectivity index (χ0n) is 18.1. The minimum Gasteiger partial charge on any atom is -0.354 e. The fraction of sp³-hybridized carbons (Fsp3) is 0.273. The summed E-state index contributed by atoms with van der Waals surface area (Å²) >= 11 is 0. The number of nitrogens with one attached hydrogen (secondary N) is 1. The molecule has 35 heavy (non-hydrogen) atoms. The molecule has 1 fully saturated rings. The van der Waals surface area contributed by atoms with E-state index in [-0.39, 0.29) is 28.8 Å². The molecule has 180 valence electrons. The first-order valence-corrected chi connectivity index (χ1v) is 10.7. The van der Waals surface area contributed by atoms with Crippen LogP contribution < -0.4 is 10.2 Å². The smallest absolute Gasteiger partial charge is 0.354 e. The summed E-state index contributed by atoms with van der Waals surface area (Å²) < 4.78 is 54.5. The molecule has 9 nitrogen and oxygen atoms in total. The summed E-state index contributed by atoms with van der Waals surface area (Å²) in [7, 11) is 0. The number of aromatic nitrogens is 6. The van der Waals surface area contributed by atoms with Crippen molar-refractivity contribution in [3.63, 3.8) is 0 Å². The van der Waals surface area contributed by atoms with Crippen molar-refractivity contribution in [3.8, 4) is 11.5 Å². The maximum absolute atomic E-state index is 13.8. The Labute approximate surface area is 195 Å². The highest BCUT2D eigenvalue weighted by Gasteiger charge is 2.33. The van der Waals surface area contributed by atoms with E-state index in [2.05, 4.69) is 30.2 Å². The molecule has 5 heterocycles. The Balaban J connectivity index is 1.37. The lowest BCUT2D eigenvalue weighted by atomic mass is 10.1. The second-order valence-electron chi connectivity index (χ2n) is 7.98. The third kappa shape index (κ3) is 4.61. The van der Waals surface area contributed by atoms with E-state index in [4.69, 9.17) is 0 Å². The van der Waals surface area contributed by atoms with Gasteiger partial charge in [0.05, 0.1) is 18.0 Å². The van der Waals surface area contributed by atoms with E-state index in [0.717, 1.165) is 18.8 Å². The van der Waals surface area contributed by atoms with Gasteiger partial charge >= 0.3 is 6.18 Å². The molecule has 1 aliphatic heterocycles. The number of anilines is 1. The normalized spacial score (nSPS) is 16.5. The van der Waals surface area contributed by atoms with Crippen molar-refractivity contribution in [2.24, 2.45) is 0 Å². The highest BCUT2D eigenvalue weighted by Crippen LogP contribution is 2.29. The maximum atomic E-state index is 13.8. The molecular formula is C22H18F4N8O. The summed E-state index contributed by atoms with van der Waals surface area (Å²) in [4.78, 5) is 34.2. The summed E-state index contributed by atoms with van der Waals surface area (Å²) in [6.45, 7) is 1.07. The Bertz CT molecular complexity index is 1390. The quantitative estimate of drug-likeness (QED) is 0.349. The first-order valence-electron chi connectivity index (χ1n) is 10.7. The van der Waals surface area contributed by atoms with E-state index in [0.29, 0.717) is 25.3 Å². The van der Waals surface area contributed by atoms with Crippen molar-refractivity contribution in [2.75, 3.05) is 18.0 Å². The predicted molar refractivity (Wildman–Crippen MR) is 116 cm³/mol. The lowest BCUT2D eigenvalue weighted by molar-refractivity contribution is -0.141. The van der Waals surface area contributed by atoms with Gasteiger partial charge in [-0.05, 0) is 31.0 Å². The van der Waals surface area contributed by atoms with Gasteiger partial charge in [-0.1, -0.05) is 0 Å². The maximum Gasteiger partial charge on any atom is 0.434 e. The Hall–Kier alpha value is -4.16. The van der Waals surface area contributed by atoms with E-state index in [1.54, 1.807) is 6.07 Å². The number of nitrogens with zero attached hydrogens (tertiary/aromatic N) is 7. The van der Waals surface area contributed by atoms with Crippen molar-refractivity contribution in [1.29, 1.82) is 0 Å². The minimum atomic E-state index is -4.61. The summed E-state index contributed by atoms with van der Waals surface area (Å²) in [5.41, 5.74) is -0.677. The lowest BCUT2D eigenvalue weighted by Gasteiger charge is -2.34. The number of fused-ring (bicyclic) bond motifs is 1. The average Bonchev–Trinajstić information content (AvgIpc) is 3.27. The molecule has 0 spiro atoms. The Kier molecular flexibility index (Phi) is 5.75. The minimum absolute atomic E-state index is 0.130. The van der Waals surface area contributed by atoms with Gasteiger partial charge in [-0.2, -0.15) is 17.6 Å². The summed E-state index contributed by atoms with van der Waals surface area (Å²) in [6, 6.07) is 4.28. The standard InChI is InChI=1S/C22H18F4N8O/c23-19-14(4-1-6-27-19)21(35)31-13-3-2-8-33(11-13)17-5-7-28-20(32-17)15-9-30-18-10-29-16(12-34(15)18)22(24,25)26/h1,4-7,9-10,12-13H,2-3,8,11H2,(H,31,35)/t13-/m0/s1. The number of hydrogen-bond donors (Lipinski definition) is 1. The molecule has 1 atom stereocenters. The van der Waals surface area contributed by atoms with Crippen molar-refractivity contribution in [3.05, 3.63) is 66.4 Å². The second kappa shape index (κ2) is 8.89. The number of alkyl halides is 3. The van der Waals surface area contributed by atoms with Gasteiger partial charge in [-0.3, -0.25) is 9.20 Å². The molecular weight excluding hydrogens is 468 g/mol. The third-order valence-corrected chi connectivity index (χ3v) is 5.64. The van der Waals surface area contributed by atoms with Crippen molar-refractivity contribution in [2.45, 2.75) is 25.1 Å². The van der Waals surface area contributed by atoms with Gasteiger partial charge in [0.15, 0.2) is 17.2 Å². The first kappa shape index (κ1) is 22.6. The summed E-state index contributed by atoms with van der Waals surface area (Å²) in [6.07, 6.45) is 2.90. The number of imidazole rings is 1. The number of hydrogen-bond acceptors (Lipinski definition) is 7. The van der Waals surface area contributed by atoms with Gasteiger partial charge in [-0.15, -0.1) is 0 Å². The van der Waals surface area contributed by atoms with Crippen LogP contribution in [-0.2, 0) is 6.18 Å². The molecule has 1 amide bonds. The molecule has 0 bridgehead atoms. The molecule has 4 aromatic rings. The van der Waals surface area contributed by atoms with Gasteiger partial charge < -0.3 is 10.2 Å². The number of amides is 1. The SMILES string of the molecule is O=C(N[C@H]1CCCN(c2ccnc(-c3cnc4cnc(C(F)(F)F)cn34)n2)C1)c1cccnc1F. The van der Waals surface area contributed by atoms with Crippen molar-refractivity contribution in [1.82, 2.24) is 34.6 Å². The van der Waals surface area contributed by atoms with E-state index < -0.39 is 23.7 Å². The Morgan fingerprint density at radius 2 is 1.94 bits per heavy atom. The van der Waals surface area contributed by atoms with Crippen LogP contribution >= 0.6 is 0 Å². The van der Waals surface area contributed by atoms with E-state index in [1.165, 1.54) is 35.1 Å². The van der Waals surface area contributed by atoms with Gasteiger partial charge in [0.2, 0.25) is 5.95 Å². The molecule has 1 aliphatic rings. The van der Waals surface area contributed by atoms with E-state index >= 15 is 0 Å².